The normalized spacial score (nSPS) is 16.9. The summed E-state index contributed by atoms with van der Waals surface area (Å²) in [4.78, 5) is 18.3. The Balaban J connectivity index is 2.14. The lowest BCUT2D eigenvalue weighted by Gasteiger charge is -2.17. The third kappa shape index (κ3) is 3.40. The number of alkyl halides is 2. The molecule has 4 nitrogen and oxygen atoms in total. The van der Waals surface area contributed by atoms with E-state index in [0.29, 0.717) is 23.3 Å². The molecule has 0 spiro atoms. The van der Waals surface area contributed by atoms with E-state index in [1.165, 1.54) is 0 Å². The fourth-order valence-electron chi connectivity index (χ4n) is 1.76. The second-order valence-corrected chi connectivity index (χ2v) is 11.3. The molecule has 2 rings (SSSR count). The lowest BCUT2D eigenvalue weighted by Crippen LogP contribution is -2.35. The molecule has 1 aromatic rings. The van der Waals surface area contributed by atoms with Crippen LogP contribution in [0.2, 0.25) is 0 Å². The Kier molecular flexibility index (Phi) is 5.56. The first-order valence-electron chi connectivity index (χ1n) is 5.81. The van der Waals surface area contributed by atoms with Crippen molar-refractivity contribution in [1.82, 2.24) is 4.98 Å². The van der Waals surface area contributed by atoms with Gasteiger partial charge in [0.1, 0.15) is 18.3 Å². The number of hydrogen-bond donors (Lipinski definition) is 0. The van der Waals surface area contributed by atoms with Crippen molar-refractivity contribution in [2.75, 3.05) is 36.5 Å². The third-order valence-corrected chi connectivity index (χ3v) is 5.75. The first-order chi connectivity index (χ1) is 9.34. The molecule has 1 aliphatic rings. The molecule has 20 heavy (non-hydrogen) atoms. The number of nitrogens with zero attached hydrogens (tertiary/aromatic N) is 2. The Labute approximate surface area is 146 Å². The minimum atomic E-state index is -0.921. The molecule has 0 saturated heterocycles. The number of pyridine rings is 1. The predicted octanol–water partition coefficient (Wildman–Crippen LogP) is 2.99. The Morgan fingerprint density at radius 1 is 1.45 bits per heavy atom. The molecule has 0 unspecified atom stereocenters. The van der Waals surface area contributed by atoms with Gasteiger partial charge in [0.15, 0.2) is 3.23 Å². The summed E-state index contributed by atoms with van der Waals surface area (Å²) in [6, 6.07) is 1.87. The Morgan fingerprint density at radius 2 is 2.15 bits per heavy atom. The average molecular weight is 490 g/mol. The number of amides is 1. The van der Waals surface area contributed by atoms with E-state index >= 15 is 0 Å². The zero-order valence-electron chi connectivity index (χ0n) is 11.0. The van der Waals surface area contributed by atoms with Crippen LogP contribution in [-0.2, 0) is 23.7 Å². The van der Waals surface area contributed by atoms with E-state index in [9.17, 15) is 4.79 Å². The maximum absolute atomic E-state index is 12.4. The minimum Gasteiger partial charge on any atom is -0.356 e. The molecule has 0 bridgehead atoms. The number of hydrogen-bond acceptors (Lipinski definition) is 3. The second-order valence-electron chi connectivity index (χ2n) is 4.56. The molecule has 1 aliphatic heterocycles. The van der Waals surface area contributed by atoms with Crippen LogP contribution >= 0.6 is 47.8 Å². The van der Waals surface area contributed by atoms with E-state index < -0.39 is 3.23 Å². The highest BCUT2D eigenvalue weighted by molar-refractivity contribution is 9.25. The van der Waals surface area contributed by atoms with Crippen LogP contribution in [0.15, 0.2) is 16.7 Å². The summed E-state index contributed by atoms with van der Waals surface area (Å²) in [6.45, 7) is 0.861. The van der Waals surface area contributed by atoms with Crippen molar-refractivity contribution in [3.05, 3.63) is 22.3 Å². The van der Waals surface area contributed by atoms with Gasteiger partial charge >= 0.3 is 0 Å². The largest absolute Gasteiger partial charge is 0.356 e. The average Bonchev–Trinajstić information content (AvgIpc) is 2.55. The van der Waals surface area contributed by atoms with Crippen LogP contribution in [-0.4, -0.2) is 42.5 Å². The Morgan fingerprint density at radius 3 is 2.80 bits per heavy atom. The van der Waals surface area contributed by atoms with Crippen LogP contribution in [0.1, 0.15) is 5.56 Å². The van der Waals surface area contributed by atoms with E-state index in [1.54, 1.807) is 11.1 Å². The summed E-state index contributed by atoms with van der Waals surface area (Å²) in [5.74, 6) is 1.50. The van der Waals surface area contributed by atoms with Crippen molar-refractivity contribution in [1.29, 1.82) is 0 Å². The molecule has 1 amide bonds. The molecule has 0 aliphatic carbocycles. The van der Waals surface area contributed by atoms with E-state index in [1.807, 2.05) is 6.07 Å². The van der Waals surface area contributed by atoms with Gasteiger partial charge in [0, 0.05) is 16.2 Å². The maximum Gasteiger partial charge on any atom is 0.262 e. The zero-order valence-corrected chi connectivity index (χ0v) is 16.6. The van der Waals surface area contributed by atoms with Gasteiger partial charge in [0.05, 0.1) is 19.1 Å². The zero-order chi connectivity index (χ0) is 14.9. The van der Waals surface area contributed by atoms with Crippen molar-refractivity contribution in [2.24, 2.45) is 0 Å². The van der Waals surface area contributed by atoms with Gasteiger partial charge in [-0.2, -0.15) is 0 Å². The molecule has 8 heteroatoms. The standard InChI is InChI=1S/C12H14Br3N2O2S/c1-20(2)4-3-19-7-17-10-9(5-8(13)6-16-10)12(14,15)11(17)18/h5-6H,3-4,7H2,1-2H3/q+1. The monoisotopic (exact) mass is 487 g/mol. The van der Waals surface area contributed by atoms with Crippen molar-refractivity contribution in [3.63, 3.8) is 0 Å². The number of carbonyl (C=O) groups is 1. The van der Waals surface area contributed by atoms with Gasteiger partial charge in [-0.15, -0.1) is 0 Å². The van der Waals surface area contributed by atoms with Crippen molar-refractivity contribution in [2.45, 2.75) is 3.23 Å². The molecule has 0 saturated carbocycles. The van der Waals surface area contributed by atoms with Gasteiger partial charge in [-0.3, -0.25) is 9.69 Å². The summed E-state index contributed by atoms with van der Waals surface area (Å²) in [7, 11) is 0.340. The summed E-state index contributed by atoms with van der Waals surface area (Å²) in [5, 5.41) is 0. The quantitative estimate of drug-likeness (QED) is 0.363. The highest BCUT2D eigenvalue weighted by atomic mass is 79.9. The van der Waals surface area contributed by atoms with E-state index in [2.05, 4.69) is 65.3 Å². The van der Waals surface area contributed by atoms with E-state index in [4.69, 9.17) is 4.74 Å². The van der Waals surface area contributed by atoms with Gasteiger partial charge in [0.2, 0.25) is 0 Å². The van der Waals surface area contributed by atoms with Crippen molar-refractivity contribution in [3.8, 4) is 0 Å². The fourth-order valence-corrected chi connectivity index (χ4v) is 3.55. The lowest BCUT2D eigenvalue weighted by molar-refractivity contribution is -0.119. The topological polar surface area (TPSA) is 42.4 Å². The smallest absolute Gasteiger partial charge is 0.262 e. The Hall–Kier alpha value is 0.370. The molecule has 1 aromatic heterocycles. The van der Waals surface area contributed by atoms with Gasteiger partial charge in [0.25, 0.3) is 5.91 Å². The minimum absolute atomic E-state index is 0.120. The predicted molar refractivity (Wildman–Crippen MR) is 93.9 cm³/mol. The van der Waals surface area contributed by atoms with Crippen LogP contribution in [0, 0.1) is 0 Å². The number of rotatable bonds is 5. The molecule has 110 valence electrons. The van der Waals surface area contributed by atoms with Crippen LogP contribution in [0.4, 0.5) is 5.82 Å². The first kappa shape index (κ1) is 16.7. The summed E-state index contributed by atoms with van der Waals surface area (Å²) >= 11 is 10.2. The second kappa shape index (κ2) is 6.64. The number of aromatic nitrogens is 1. The molecule has 2 heterocycles. The SMILES string of the molecule is C[S+](C)CCOCN1C(=O)C(Br)(Br)c2cc(Br)cnc21. The van der Waals surface area contributed by atoms with Crippen LogP contribution in [0.3, 0.4) is 0 Å². The molecule has 0 fully saturated rings. The number of anilines is 1. The van der Waals surface area contributed by atoms with Gasteiger partial charge in [-0.25, -0.2) is 4.98 Å². The van der Waals surface area contributed by atoms with Gasteiger partial charge in [-0.05, 0) is 32.9 Å². The van der Waals surface area contributed by atoms with Crippen LogP contribution in [0.25, 0.3) is 0 Å². The first-order valence-corrected chi connectivity index (χ1v) is 10.4. The summed E-state index contributed by atoms with van der Waals surface area (Å²) in [5.41, 5.74) is 0.784. The Bertz CT molecular complexity index is 525. The van der Waals surface area contributed by atoms with Crippen molar-refractivity contribution < 1.29 is 9.53 Å². The van der Waals surface area contributed by atoms with Gasteiger partial charge < -0.3 is 4.74 Å². The third-order valence-electron chi connectivity index (χ3n) is 2.80. The van der Waals surface area contributed by atoms with Crippen molar-refractivity contribution >= 4 is 70.4 Å². The molecule has 0 atom stereocenters. The molecular formula is C12H14Br3N2O2S+. The highest BCUT2D eigenvalue weighted by Gasteiger charge is 2.48. The lowest BCUT2D eigenvalue weighted by atomic mass is 10.2. The highest BCUT2D eigenvalue weighted by Crippen LogP contribution is 2.50. The van der Waals surface area contributed by atoms with Gasteiger partial charge in [-0.1, -0.05) is 31.9 Å². The summed E-state index contributed by atoms with van der Waals surface area (Å²) < 4.78 is 5.51. The number of halogens is 3. The summed E-state index contributed by atoms with van der Waals surface area (Å²) in [6.07, 6.45) is 6.01. The molecule has 0 radical (unpaired) electrons. The van der Waals surface area contributed by atoms with Crippen LogP contribution < -0.4 is 4.90 Å². The number of fused-ring (bicyclic) bond motifs is 1. The molecular weight excluding hydrogens is 476 g/mol. The number of carbonyl (C=O) groups excluding carboxylic acids is 1. The van der Waals surface area contributed by atoms with E-state index in [0.717, 1.165) is 15.8 Å². The van der Waals surface area contributed by atoms with E-state index in [-0.39, 0.29) is 12.6 Å². The van der Waals surface area contributed by atoms with Crippen LogP contribution in [0.5, 0.6) is 0 Å². The fraction of sp³-hybridized carbons (Fsp3) is 0.500. The maximum atomic E-state index is 12.4. The molecule has 0 aromatic carbocycles. The number of ether oxygens (including phenoxy) is 1. The molecule has 0 N–H and O–H groups in total.